The Morgan fingerprint density at radius 2 is 2.25 bits per heavy atom. The van der Waals surface area contributed by atoms with E-state index in [9.17, 15) is 9.59 Å². The standard InChI is InChI=1S/C11H9NO4/c1-16-9-4-2-3-8-7(6-13)5-12(10(8)9)11(14)15/h2-6H,1H3,(H,14,15). The summed E-state index contributed by atoms with van der Waals surface area (Å²) in [6.45, 7) is 0. The third-order valence-corrected chi connectivity index (χ3v) is 2.37. The molecule has 16 heavy (non-hydrogen) atoms. The molecular formula is C11H9NO4. The Labute approximate surface area is 90.9 Å². The van der Waals surface area contributed by atoms with Crippen molar-refractivity contribution in [3.8, 4) is 5.75 Å². The van der Waals surface area contributed by atoms with Gasteiger partial charge < -0.3 is 9.84 Å². The molecule has 1 heterocycles. The number of ether oxygens (including phenoxy) is 1. The van der Waals surface area contributed by atoms with Crippen LogP contribution in [-0.4, -0.2) is 29.2 Å². The SMILES string of the molecule is COc1cccc2c(C=O)cn(C(=O)O)c12. The Morgan fingerprint density at radius 3 is 2.81 bits per heavy atom. The molecule has 5 heteroatoms. The maximum atomic E-state index is 11.0. The maximum absolute atomic E-state index is 11.0. The van der Waals surface area contributed by atoms with Gasteiger partial charge >= 0.3 is 6.09 Å². The predicted molar refractivity (Wildman–Crippen MR) is 57.3 cm³/mol. The van der Waals surface area contributed by atoms with Gasteiger partial charge in [0.15, 0.2) is 6.29 Å². The van der Waals surface area contributed by atoms with Gasteiger partial charge in [-0.1, -0.05) is 12.1 Å². The van der Waals surface area contributed by atoms with Crippen molar-refractivity contribution in [2.24, 2.45) is 0 Å². The molecule has 82 valence electrons. The Hall–Kier alpha value is -2.30. The summed E-state index contributed by atoms with van der Waals surface area (Å²) in [5.74, 6) is 0.424. The number of para-hydroxylation sites is 1. The van der Waals surface area contributed by atoms with Crippen LogP contribution in [-0.2, 0) is 0 Å². The van der Waals surface area contributed by atoms with Gasteiger partial charge in [0.25, 0.3) is 0 Å². The van der Waals surface area contributed by atoms with Crippen LogP contribution in [0, 0.1) is 0 Å². The number of fused-ring (bicyclic) bond motifs is 1. The van der Waals surface area contributed by atoms with E-state index in [4.69, 9.17) is 9.84 Å². The quantitative estimate of drug-likeness (QED) is 0.784. The van der Waals surface area contributed by atoms with Gasteiger partial charge in [-0.3, -0.25) is 4.79 Å². The highest BCUT2D eigenvalue weighted by molar-refractivity contribution is 6.03. The summed E-state index contributed by atoms with van der Waals surface area (Å²) in [7, 11) is 1.45. The van der Waals surface area contributed by atoms with Crippen LogP contribution in [0.2, 0.25) is 0 Å². The summed E-state index contributed by atoms with van der Waals surface area (Å²) in [4.78, 5) is 21.8. The fourth-order valence-corrected chi connectivity index (χ4v) is 1.69. The average molecular weight is 219 g/mol. The summed E-state index contributed by atoms with van der Waals surface area (Å²) in [6, 6.07) is 5.04. The van der Waals surface area contributed by atoms with Gasteiger partial charge in [-0.25, -0.2) is 9.36 Å². The first-order valence-electron chi connectivity index (χ1n) is 4.55. The molecule has 1 aromatic heterocycles. The number of benzene rings is 1. The summed E-state index contributed by atoms with van der Waals surface area (Å²) in [6.07, 6.45) is 0.756. The number of methoxy groups -OCH3 is 1. The molecule has 0 spiro atoms. The van der Waals surface area contributed by atoms with E-state index < -0.39 is 6.09 Å². The second-order valence-corrected chi connectivity index (χ2v) is 3.21. The number of carbonyl (C=O) groups is 2. The summed E-state index contributed by atoms with van der Waals surface area (Å²) >= 11 is 0. The zero-order valence-electron chi connectivity index (χ0n) is 8.51. The first-order chi connectivity index (χ1) is 7.69. The molecule has 0 atom stereocenters. The van der Waals surface area contributed by atoms with E-state index in [2.05, 4.69) is 0 Å². The molecule has 0 aliphatic heterocycles. The molecule has 0 unspecified atom stereocenters. The molecule has 0 radical (unpaired) electrons. The van der Waals surface area contributed by atoms with Crippen molar-refractivity contribution >= 4 is 23.3 Å². The third-order valence-electron chi connectivity index (χ3n) is 2.37. The lowest BCUT2D eigenvalue weighted by Crippen LogP contribution is -2.06. The van der Waals surface area contributed by atoms with E-state index in [1.807, 2.05) is 0 Å². The van der Waals surface area contributed by atoms with Gasteiger partial charge in [0.1, 0.15) is 11.3 Å². The van der Waals surface area contributed by atoms with Gasteiger partial charge in [-0.2, -0.15) is 0 Å². The van der Waals surface area contributed by atoms with Crippen molar-refractivity contribution in [1.82, 2.24) is 4.57 Å². The van der Waals surface area contributed by atoms with Crippen LogP contribution in [0.25, 0.3) is 10.9 Å². The zero-order valence-corrected chi connectivity index (χ0v) is 8.51. The molecule has 0 aliphatic rings. The van der Waals surface area contributed by atoms with E-state index in [1.54, 1.807) is 18.2 Å². The lowest BCUT2D eigenvalue weighted by molar-refractivity contribution is 0.112. The van der Waals surface area contributed by atoms with Crippen LogP contribution in [0.5, 0.6) is 5.75 Å². The molecule has 1 aromatic carbocycles. The second-order valence-electron chi connectivity index (χ2n) is 3.21. The normalized spacial score (nSPS) is 10.3. The van der Waals surface area contributed by atoms with Crippen LogP contribution < -0.4 is 4.74 Å². The van der Waals surface area contributed by atoms with Crippen LogP contribution >= 0.6 is 0 Å². The molecule has 2 rings (SSSR count). The van der Waals surface area contributed by atoms with Crippen molar-refractivity contribution < 1.29 is 19.4 Å². The molecule has 2 aromatic rings. The lowest BCUT2D eigenvalue weighted by atomic mass is 10.2. The third kappa shape index (κ3) is 1.33. The molecule has 0 aliphatic carbocycles. The van der Waals surface area contributed by atoms with Gasteiger partial charge in [-0.05, 0) is 6.07 Å². The molecule has 0 bridgehead atoms. The Bertz CT molecular complexity index is 571. The van der Waals surface area contributed by atoms with Crippen LogP contribution in [0.4, 0.5) is 4.79 Å². The van der Waals surface area contributed by atoms with E-state index >= 15 is 0 Å². The van der Waals surface area contributed by atoms with Crippen molar-refractivity contribution in [3.05, 3.63) is 30.0 Å². The smallest absolute Gasteiger partial charge is 0.416 e. The molecule has 5 nitrogen and oxygen atoms in total. The number of carbonyl (C=O) groups excluding carboxylic acids is 1. The average Bonchev–Trinajstić information content (AvgIpc) is 2.67. The van der Waals surface area contributed by atoms with Crippen LogP contribution in [0.15, 0.2) is 24.4 Å². The van der Waals surface area contributed by atoms with E-state index in [1.165, 1.54) is 13.3 Å². The number of carboxylic acid groups (broad SMARTS) is 1. The van der Waals surface area contributed by atoms with Crippen molar-refractivity contribution in [2.45, 2.75) is 0 Å². The Kier molecular flexibility index (Phi) is 2.36. The van der Waals surface area contributed by atoms with Gasteiger partial charge in [-0.15, -0.1) is 0 Å². The number of nitrogens with zero attached hydrogens (tertiary/aromatic N) is 1. The van der Waals surface area contributed by atoms with Crippen molar-refractivity contribution in [2.75, 3.05) is 7.11 Å². The van der Waals surface area contributed by atoms with Crippen molar-refractivity contribution in [1.29, 1.82) is 0 Å². The van der Waals surface area contributed by atoms with E-state index in [-0.39, 0.29) is 0 Å². The van der Waals surface area contributed by atoms with Gasteiger partial charge in [0.05, 0.1) is 7.11 Å². The van der Waals surface area contributed by atoms with Crippen LogP contribution in [0.3, 0.4) is 0 Å². The zero-order chi connectivity index (χ0) is 11.7. The van der Waals surface area contributed by atoms with E-state index in [0.29, 0.717) is 28.5 Å². The molecule has 0 saturated heterocycles. The van der Waals surface area contributed by atoms with Crippen molar-refractivity contribution in [3.63, 3.8) is 0 Å². The largest absolute Gasteiger partial charge is 0.495 e. The van der Waals surface area contributed by atoms with Gasteiger partial charge in [0, 0.05) is 17.1 Å². The fourth-order valence-electron chi connectivity index (χ4n) is 1.69. The van der Waals surface area contributed by atoms with Crippen LogP contribution in [0.1, 0.15) is 10.4 Å². The fraction of sp³-hybridized carbons (Fsp3) is 0.0909. The molecule has 1 N–H and O–H groups in total. The maximum Gasteiger partial charge on any atom is 0.416 e. The highest BCUT2D eigenvalue weighted by Gasteiger charge is 2.15. The number of hydrogen-bond donors (Lipinski definition) is 1. The van der Waals surface area contributed by atoms with E-state index in [0.717, 1.165) is 4.57 Å². The second kappa shape index (κ2) is 3.69. The minimum absolute atomic E-state index is 0.330. The minimum Gasteiger partial charge on any atom is -0.495 e. The topological polar surface area (TPSA) is 68.5 Å². The first-order valence-corrected chi connectivity index (χ1v) is 4.55. The first kappa shape index (κ1) is 10.2. The molecule has 0 saturated carbocycles. The highest BCUT2D eigenvalue weighted by atomic mass is 16.5. The Balaban J connectivity index is 2.90. The molecule has 0 amide bonds. The minimum atomic E-state index is -1.15. The molecular weight excluding hydrogens is 210 g/mol. The number of rotatable bonds is 2. The highest BCUT2D eigenvalue weighted by Crippen LogP contribution is 2.28. The summed E-state index contributed by atoms with van der Waals surface area (Å²) in [5, 5.41) is 9.57. The summed E-state index contributed by atoms with van der Waals surface area (Å²) in [5.41, 5.74) is 0.718. The number of aldehydes is 1. The predicted octanol–water partition coefficient (Wildman–Crippen LogP) is 1.99. The summed E-state index contributed by atoms with van der Waals surface area (Å²) < 4.78 is 6.06. The number of hydrogen-bond acceptors (Lipinski definition) is 3. The lowest BCUT2D eigenvalue weighted by Gasteiger charge is -2.04. The molecule has 0 fully saturated rings. The monoisotopic (exact) mass is 219 g/mol. The number of aromatic nitrogens is 1. The Morgan fingerprint density at radius 1 is 1.50 bits per heavy atom. The van der Waals surface area contributed by atoms with Gasteiger partial charge in [0.2, 0.25) is 0 Å².